The molecule has 0 bridgehead atoms. The molecular formula is C22H24F3N7O2. The quantitative estimate of drug-likeness (QED) is 0.486. The van der Waals surface area contributed by atoms with Crippen molar-refractivity contribution in [2.24, 2.45) is 0 Å². The zero-order valence-electron chi connectivity index (χ0n) is 19.0. The van der Waals surface area contributed by atoms with Gasteiger partial charge in [-0.1, -0.05) is 0 Å². The van der Waals surface area contributed by atoms with E-state index in [1.165, 1.54) is 30.9 Å². The maximum atomic E-state index is 14.4. The van der Waals surface area contributed by atoms with E-state index in [2.05, 4.69) is 30.4 Å². The van der Waals surface area contributed by atoms with Gasteiger partial charge in [-0.05, 0) is 33.8 Å². The topological polar surface area (TPSA) is 118 Å². The third-order valence-electron chi connectivity index (χ3n) is 4.92. The first-order valence-electron chi connectivity index (χ1n) is 10.4. The molecule has 0 unspecified atom stereocenters. The molecule has 3 aromatic heterocycles. The fourth-order valence-electron chi connectivity index (χ4n) is 3.15. The van der Waals surface area contributed by atoms with E-state index in [1.807, 2.05) is 19.9 Å². The molecule has 3 rings (SSSR count). The molecule has 0 saturated heterocycles. The molecule has 0 radical (unpaired) electrons. The molecule has 180 valence electrons. The lowest BCUT2D eigenvalue weighted by Crippen LogP contribution is -2.45. The molecule has 0 spiro atoms. The number of nitrogens with one attached hydrogen (secondary N) is 2. The molecule has 12 heteroatoms. The third-order valence-corrected chi connectivity index (χ3v) is 4.92. The Balaban J connectivity index is 1.86. The second-order valence-corrected chi connectivity index (χ2v) is 8.35. The number of amides is 1. The number of hydrogen-bond donors (Lipinski definition) is 2. The third kappa shape index (κ3) is 5.60. The fraction of sp³-hybridized carbons (Fsp3) is 0.409. The molecule has 0 aliphatic rings. The zero-order chi connectivity index (χ0) is 25.0. The summed E-state index contributed by atoms with van der Waals surface area (Å²) in [6, 6.07) is 5.20. The lowest BCUT2D eigenvalue weighted by Gasteiger charge is -2.28. The van der Waals surface area contributed by atoms with Crippen LogP contribution < -0.4 is 10.6 Å². The second-order valence-electron chi connectivity index (χ2n) is 8.35. The molecule has 0 aliphatic carbocycles. The number of halogens is 3. The summed E-state index contributed by atoms with van der Waals surface area (Å²) >= 11 is 0. The maximum Gasteiger partial charge on any atom is 0.345 e. The van der Waals surface area contributed by atoms with Crippen LogP contribution in [0.5, 0.6) is 0 Å². The molecule has 3 aromatic rings. The molecule has 1 atom stereocenters. The number of carbonyl (C=O) groups is 1. The number of anilines is 1. The molecule has 3 heterocycles. The van der Waals surface area contributed by atoms with Crippen molar-refractivity contribution >= 4 is 22.6 Å². The van der Waals surface area contributed by atoms with Gasteiger partial charge in [-0.3, -0.25) is 4.79 Å². The van der Waals surface area contributed by atoms with Gasteiger partial charge in [-0.15, -0.1) is 0 Å². The molecule has 0 fully saturated rings. The fourth-order valence-corrected chi connectivity index (χ4v) is 3.15. The van der Waals surface area contributed by atoms with Crippen molar-refractivity contribution in [3.8, 4) is 11.9 Å². The largest absolute Gasteiger partial charge is 0.382 e. The predicted molar refractivity (Wildman–Crippen MR) is 119 cm³/mol. The predicted octanol–water partition coefficient (Wildman–Crippen LogP) is 3.59. The van der Waals surface area contributed by atoms with Crippen molar-refractivity contribution in [3.05, 3.63) is 41.9 Å². The van der Waals surface area contributed by atoms with Crippen LogP contribution in [0.4, 0.5) is 18.9 Å². The van der Waals surface area contributed by atoms with E-state index in [1.54, 1.807) is 18.3 Å². The number of rotatable bonds is 9. The average Bonchev–Trinajstić information content (AvgIpc) is 3.19. The smallest absolute Gasteiger partial charge is 0.345 e. The lowest BCUT2D eigenvalue weighted by atomic mass is 10.0. The zero-order valence-corrected chi connectivity index (χ0v) is 19.0. The van der Waals surface area contributed by atoms with Crippen LogP contribution in [0.1, 0.15) is 43.6 Å². The van der Waals surface area contributed by atoms with E-state index in [-0.39, 0.29) is 11.6 Å². The highest BCUT2D eigenvalue weighted by atomic mass is 19.3. The highest BCUT2D eigenvalue weighted by molar-refractivity contribution is 5.99. The summed E-state index contributed by atoms with van der Waals surface area (Å²) in [4.78, 5) is 21.3. The summed E-state index contributed by atoms with van der Waals surface area (Å²) in [5.74, 6) is -0.276. The van der Waals surface area contributed by atoms with Crippen LogP contribution in [-0.2, 0) is 4.74 Å². The van der Waals surface area contributed by atoms with Gasteiger partial charge in [0.25, 0.3) is 5.91 Å². The Bertz CT molecular complexity index is 1220. The SMILES string of the molecule is CC(C)Nc1cc(-n2ncc3cc(C#N)cnc32)ncc1C(=O)NC[C@@H](F)C(C)(C)OC(F)F. The van der Waals surface area contributed by atoms with Gasteiger partial charge in [-0.2, -0.15) is 23.8 Å². The molecule has 0 aliphatic heterocycles. The minimum absolute atomic E-state index is 0.0558. The van der Waals surface area contributed by atoms with Crippen molar-refractivity contribution < 1.29 is 22.7 Å². The van der Waals surface area contributed by atoms with E-state index in [9.17, 15) is 18.0 Å². The first kappa shape index (κ1) is 24.9. The summed E-state index contributed by atoms with van der Waals surface area (Å²) in [6.07, 6.45) is 2.40. The minimum Gasteiger partial charge on any atom is -0.382 e. The van der Waals surface area contributed by atoms with Crippen LogP contribution in [0.15, 0.2) is 30.7 Å². The van der Waals surface area contributed by atoms with Crippen molar-refractivity contribution in [1.29, 1.82) is 5.26 Å². The first-order valence-corrected chi connectivity index (χ1v) is 10.4. The number of pyridine rings is 2. The molecule has 9 nitrogen and oxygen atoms in total. The summed E-state index contributed by atoms with van der Waals surface area (Å²) < 4.78 is 45.2. The van der Waals surface area contributed by atoms with Crippen LogP contribution in [0.3, 0.4) is 0 Å². The number of fused-ring (bicyclic) bond motifs is 1. The van der Waals surface area contributed by atoms with E-state index >= 15 is 0 Å². The van der Waals surface area contributed by atoms with Crippen molar-refractivity contribution in [1.82, 2.24) is 25.1 Å². The maximum absolute atomic E-state index is 14.4. The van der Waals surface area contributed by atoms with Crippen LogP contribution in [-0.4, -0.2) is 56.6 Å². The number of carbonyl (C=O) groups excluding carboxylic acids is 1. The second kappa shape index (κ2) is 10.0. The average molecular weight is 475 g/mol. The van der Waals surface area contributed by atoms with Gasteiger partial charge >= 0.3 is 6.61 Å². The lowest BCUT2D eigenvalue weighted by molar-refractivity contribution is -0.215. The summed E-state index contributed by atoms with van der Waals surface area (Å²) in [5.41, 5.74) is -0.382. The van der Waals surface area contributed by atoms with Gasteiger partial charge in [0.15, 0.2) is 11.5 Å². The van der Waals surface area contributed by atoms with Gasteiger partial charge in [0.05, 0.1) is 29.6 Å². The van der Waals surface area contributed by atoms with Crippen molar-refractivity contribution in [2.45, 2.75) is 52.1 Å². The van der Waals surface area contributed by atoms with E-state index in [0.717, 1.165) is 0 Å². The van der Waals surface area contributed by atoms with E-state index in [4.69, 9.17) is 5.26 Å². The normalized spacial score (nSPS) is 12.7. The van der Waals surface area contributed by atoms with Crippen LogP contribution >= 0.6 is 0 Å². The standard InChI is InChI=1S/C22H24F3N7O2/c1-12(2)31-16-6-18(32-19-14(9-30-32)5-13(7-26)8-28-19)27-10-15(16)20(33)29-11-17(23)22(3,4)34-21(24)25/h5-6,8-10,12,17,21H,11H2,1-4H3,(H,27,31)(H,29,33)/t17-/m1/s1. The summed E-state index contributed by atoms with van der Waals surface area (Å²) in [7, 11) is 0. The van der Waals surface area contributed by atoms with Gasteiger partial charge in [-0.25, -0.2) is 14.4 Å². The van der Waals surface area contributed by atoms with Gasteiger partial charge in [0.1, 0.15) is 17.8 Å². The number of aromatic nitrogens is 4. The minimum atomic E-state index is -3.14. The molecule has 0 saturated carbocycles. The molecule has 0 aromatic carbocycles. The number of hydrogen-bond acceptors (Lipinski definition) is 7. The molecule has 2 N–H and O–H groups in total. The van der Waals surface area contributed by atoms with Crippen molar-refractivity contribution in [3.63, 3.8) is 0 Å². The Morgan fingerprint density at radius 2 is 1.94 bits per heavy atom. The Labute approximate surface area is 193 Å². The Kier molecular flexibility index (Phi) is 7.36. The van der Waals surface area contributed by atoms with Crippen molar-refractivity contribution in [2.75, 3.05) is 11.9 Å². The van der Waals surface area contributed by atoms with E-state index < -0.39 is 30.8 Å². The van der Waals surface area contributed by atoms with Crippen LogP contribution in [0.25, 0.3) is 16.9 Å². The Morgan fingerprint density at radius 1 is 1.21 bits per heavy atom. The monoisotopic (exact) mass is 475 g/mol. The number of alkyl halides is 3. The summed E-state index contributed by atoms with van der Waals surface area (Å²) in [6.45, 7) is 2.44. The number of nitrogens with zero attached hydrogens (tertiary/aromatic N) is 5. The first-order chi connectivity index (χ1) is 16.0. The van der Waals surface area contributed by atoms with Crippen LogP contribution in [0.2, 0.25) is 0 Å². The van der Waals surface area contributed by atoms with Gasteiger partial charge in [0.2, 0.25) is 0 Å². The Morgan fingerprint density at radius 3 is 2.59 bits per heavy atom. The molecular weight excluding hydrogens is 451 g/mol. The van der Waals surface area contributed by atoms with Crippen LogP contribution in [0, 0.1) is 11.3 Å². The number of nitriles is 1. The van der Waals surface area contributed by atoms with Gasteiger partial charge in [0, 0.05) is 29.9 Å². The highest BCUT2D eigenvalue weighted by Gasteiger charge is 2.34. The Hall–Kier alpha value is -3.72. The van der Waals surface area contributed by atoms with Gasteiger partial charge < -0.3 is 15.4 Å². The number of ether oxygens (including phenoxy) is 1. The summed E-state index contributed by atoms with van der Waals surface area (Å²) in [5, 5.41) is 19.5. The molecule has 1 amide bonds. The van der Waals surface area contributed by atoms with E-state index in [0.29, 0.717) is 28.1 Å². The molecule has 34 heavy (non-hydrogen) atoms. The highest BCUT2D eigenvalue weighted by Crippen LogP contribution is 2.24.